The summed E-state index contributed by atoms with van der Waals surface area (Å²) in [6.07, 6.45) is -3.30. The van der Waals surface area contributed by atoms with Crippen LogP contribution >= 0.6 is 11.3 Å². The van der Waals surface area contributed by atoms with Crippen molar-refractivity contribution in [3.8, 4) is 0 Å². The van der Waals surface area contributed by atoms with Gasteiger partial charge in [0.05, 0.1) is 6.61 Å². The summed E-state index contributed by atoms with van der Waals surface area (Å²) in [6, 6.07) is 1.08. The molecule has 0 aliphatic carbocycles. The molecule has 1 amide bonds. The molecule has 146 valence electrons. The van der Waals surface area contributed by atoms with Crippen molar-refractivity contribution in [3.05, 3.63) is 21.4 Å². The Morgan fingerprint density at radius 3 is 2.65 bits per heavy atom. The molecule has 0 radical (unpaired) electrons. The number of carbonyl (C=O) groups is 1. The molecule has 4 nitrogen and oxygen atoms in total. The number of piperidine rings is 1. The van der Waals surface area contributed by atoms with Crippen LogP contribution in [0.4, 0.5) is 18.0 Å². The van der Waals surface area contributed by atoms with Gasteiger partial charge in [-0.3, -0.25) is 0 Å². The lowest BCUT2D eigenvalue weighted by atomic mass is 9.82. The van der Waals surface area contributed by atoms with Gasteiger partial charge in [-0.2, -0.15) is 13.2 Å². The van der Waals surface area contributed by atoms with Crippen LogP contribution in [0.1, 0.15) is 55.9 Å². The van der Waals surface area contributed by atoms with Crippen LogP contribution in [0.2, 0.25) is 0 Å². The fourth-order valence-electron chi connectivity index (χ4n) is 3.70. The number of nitrogens with zero attached hydrogens (tertiary/aromatic N) is 1. The predicted molar refractivity (Wildman–Crippen MR) is 92.3 cm³/mol. The minimum atomic E-state index is -4.34. The molecule has 2 atom stereocenters. The highest BCUT2D eigenvalue weighted by atomic mass is 32.1. The number of carbonyl (C=O) groups excluding carboxylic acids is 1. The summed E-state index contributed by atoms with van der Waals surface area (Å²) < 4.78 is 50.9. The maximum atomic E-state index is 13.1. The number of likely N-dealkylation sites (tertiary alicyclic amines) is 1. The Kier molecular flexibility index (Phi) is 4.80. The first-order valence-electron chi connectivity index (χ1n) is 8.75. The maximum absolute atomic E-state index is 13.1. The summed E-state index contributed by atoms with van der Waals surface area (Å²) in [5, 5.41) is 0. The Hall–Kier alpha value is -1.28. The molecule has 2 aliphatic heterocycles. The van der Waals surface area contributed by atoms with Crippen LogP contribution in [0, 0.1) is 0 Å². The molecule has 1 fully saturated rings. The summed E-state index contributed by atoms with van der Waals surface area (Å²) in [6.45, 7) is 8.11. The molecule has 0 bridgehead atoms. The van der Waals surface area contributed by atoms with Gasteiger partial charge >= 0.3 is 12.3 Å². The monoisotopic (exact) mass is 391 g/mol. The lowest BCUT2D eigenvalue weighted by Gasteiger charge is -2.46. The van der Waals surface area contributed by atoms with Gasteiger partial charge in [0.15, 0.2) is 0 Å². The minimum absolute atomic E-state index is 0.180. The van der Waals surface area contributed by atoms with Crippen LogP contribution in [-0.2, 0) is 27.7 Å². The van der Waals surface area contributed by atoms with Gasteiger partial charge in [0.25, 0.3) is 0 Å². The van der Waals surface area contributed by atoms with Crippen LogP contribution in [0.15, 0.2) is 6.07 Å². The molecule has 8 heteroatoms. The topological polar surface area (TPSA) is 38.8 Å². The van der Waals surface area contributed by atoms with Crippen molar-refractivity contribution >= 4 is 17.4 Å². The van der Waals surface area contributed by atoms with E-state index in [2.05, 4.69) is 0 Å². The van der Waals surface area contributed by atoms with Gasteiger partial charge in [-0.1, -0.05) is 0 Å². The molecular formula is C18H24F3NO3S. The van der Waals surface area contributed by atoms with E-state index in [1.807, 2.05) is 27.7 Å². The number of ether oxygens (including phenoxy) is 2. The summed E-state index contributed by atoms with van der Waals surface area (Å²) in [5.74, 6) is 0. The number of amides is 1. The first-order valence-corrected chi connectivity index (χ1v) is 9.57. The summed E-state index contributed by atoms with van der Waals surface area (Å²) in [4.78, 5) is 14.1. The molecule has 0 saturated carbocycles. The fourth-order valence-corrected chi connectivity index (χ4v) is 4.96. The highest BCUT2D eigenvalue weighted by Gasteiger charge is 2.48. The minimum Gasteiger partial charge on any atom is -0.444 e. The van der Waals surface area contributed by atoms with E-state index in [1.165, 1.54) is 6.07 Å². The van der Waals surface area contributed by atoms with Crippen molar-refractivity contribution in [2.75, 3.05) is 13.2 Å². The zero-order chi connectivity index (χ0) is 19.3. The van der Waals surface area contributed by atoms with Gasteiger partial charge in [0.2, 0.25) is 0 Å². The zero-order valence-electron chi connectivity index (χ0n) is 15.4. The molecule has 0 aromatic carbocycles. The number of fused-ring (bicyclic) bond motifs is 2. The van der Waals surface area contributed by atoms with Gasteiger partial charge in [-0.25, -0.2) is 4.79 Å². The van der Waals surface area contributed by atoms with Crippen molar-refractivity contribution in [3.63, 3.8) is 0 Å². The van der Waals surface area contributed by atoms with E-state index in [4.69, 9.17) is 9.47 Å². The lowest BCUT2D eigenvalue weighted by Crippen LogP contribution is -2.53. The van der Waals surface area contributed by atoms with Gasteiger partial charge in [-0.05, 0) is 52.2 Å². The number of alkyl halides is 3. The highest BCUT2D eigenvalue weighted by molar-refractivity contribution is 7.12. The van der Waals surface area contributed by atoms with Crippen LogP contribution in [-0.4, -0.2) is 35.8 Å². The number of hydrogen-bond donors (Lipinski definition) is 0. The largest absolute Gasteiger partial charge is 0.444 e. The average Bonchev–Trinajstić information content (AvgIpc) is 2.91. The van der Waals surface area contributed by atoms with Crippen molar-refractivity contribution in [1.82, 2.24) is 4.90 Å². The van der Waals surface area contributed by atoms with Gasteiger partial charge < -0.3 is 14.4 Å². The second kappa shape index (κ2) is 6.41. The van der Waals surface area contributed by atoms with Crippen LogP contribution in [0.3, 0.4) is 0 Å². The first-order chi connectivity index (χ1) is 11.9. The molecule has 1 aromatic heterocycles. The molecule has 2 aliphatic rings. The van der Waals surface area contributed by atoms with E-state index in [-0.39, 0.29) is 6.04 Å². The second-order valence-electron chi connectivity index (χ2n) is 8.03. The lowest BCUT2D eigenvalue weighted by molar-refractivity contribution is -0.134. The van der Waals surface area contributed by atoms with Crippen LogP contribution in [0.5, 0.6) is 0 Å². The molecule has 26 heavy (non-hydrogen) atoms. The standard InChI is InChI=1S/C18H24F3NO3S/c1-11-10-17(6-7-22(11)15(23)25-16(2,3)4)14-12(5-8-24-17)9-13(26-14)18(19,20)21/h9,11H,5-8,10H2,1-4H3. The van der Waals surface area contributed by atoms with E-state index in [1.54, 1.807) is 4.90 Å². The maximum Gasteiger partial charge on any atom is 0.425 e. The third-order valence-corrected chi connectivity index (χ3v) is 6.20. The molecule has 1 spiro atoms. The van der Waals surface area contributed by atoms with Crippen molar-refractivity contribution < 1.29 is 27.4 Å². The summed E-state index contributed by atoms with van der Waals surface area (Å²) in [7, 11) is 0. The molecular weight excluding hydrogens is 367 g/mol. The van der Waals surface area contributed by atoms with Crippen molar-refractivity contribution in [2.24, 2.45) is 0 Å². The third kappa shape index (κ3) is 3.71. The Labute approximate surface area is 155 Å². The van der Waals surface area contributed by atoms with Crippen molar-refractivity contribution in [2.45, 2.75) is 70.4 Å². The summed E-state index contributed by atoms with van der Waals surface area (Å²) in [5.41, 5.74) is -0.596. The number of thiophene rings is 1. The molecule has 3 heterocycles. The van der Waals surface area contributed by atoms with E-state index < -0.39 is 28.3 Å². The zero-order valence-corrected chi connectivity index (χ0v) is 16.2. The Morgan fingerprint density at radius 1 is 1.38 bits per heavy atom. The van der Waals surface area contributed by atoms with E-state index in [0.717, 1.165) is 16.9 Å². The first kappa shape index (κ1) is 19.5. The second-order valence-corrected chi connectivity index (χ2v) is 9.08. The molecule has 0 N–H and O–H groups in total. The highest BCUT2D eigenvalue weighted by Crippen LogP contribution is 2.49. The number of hydrogen-bond acceptors (Lipinski definition) is 4. The quantitative estimate of drug-likeness (QED) is 0.628. The van der Waals surface area contributed by atoms with Gasteiger partial charge in [0.1, 0.15) is 16.1 Å². The van der Waals surface area contributed by atoms with Gasteiger partial charge in [0, 0.05) is 23.9 Å². The van der Waals surface area contributed by atoms with Gasteiger partial charge in [-0.15, -0.1) is 11.3 Å². The Bertz CT molecular complexity index is 695. The SMILES string of the molecule is CC1CC2(CCN1C(=O)OC(C)(C)C)OCCc1cc(C(F)(F)F)sc12. The van der Waals surface area contributed by atoms with Crippen LogP contribution < -0.4 is 0 Å². The van der Waals surface area contributed by atoms with E-state index >= 15 is 0 Å². The predicted octanol–water partition coefficient (Wildman–Crippen LogP) is 4.95. The third-order valence-electron chi connectivity index (χ3n) is 4.79. The normalized spacial score (nSPS) is 26.7. The Morgan fingerprint density at radius 2 is 2.08 bits per heavy atom. The van der Waals surface area contributed by atoms with Crippen molar-refractivity contribution in [1.29, 1.82) is 0 Å². The summed E-state index contributed by atoms with van der Waals surface area (Å²) >= 11 is 0.785. The van der Waals surface area contributed by atoms with E-state index in [0.29, 0.717) is 37.3 Å². The van der Waals surface area contributed by atoms with E-state index in [9.17, 15) is 18.0 Å². The van der Waals surface area contributed by atoms with Crippen LogP contribution in [0.25, 0.3) is 0 Å². The average molecular weight is 391 g/mol. The number of rotatable bonds is 0. The molecule has 3 rings (SSSR count). The fraction of sp³-hybridized carbons (Fsp3) is 0.722. The smallest absolute Gasteiger partial charge is 0.425 e. The molecule has 2 unspecified atom stereocenters. The molecule has 1 aromatic rings. The molecule has 1 saturated heterocycles. The number of halogens is 3. The Balaban J connectivity index is 1.82.